The van der Waals surface area contributed by atoms with E-state index >= 15 is 0 Å². The lowest BCUT2D eigenvalue weighted by atomic mass is 10.1. The van der Waals surface area contributed by atoms with Gasteiger partial charge in [0.05, 0.1) is 12.1 Å². The molecule has 0 aliphatic heterocycles. The number of aromatic hydroxyl groups is 1. The minimum Gasteiger partial charge on any atom is -0.507 e. The lowest BCUT2D eigenvalue weighted by Gasteiger charge is -2.09. The lowest BCUT2D eigenvalue weighted by Crippen LogP contribution is -2.21. The highest BCUT2D eigenvalue weighted by Crippen LogP contribution is 2.21. The second-order valence-corrected chi connectivity index (χ2v) is 3.76. The lowest BCUT2D eigenvalue weighted by molar-refractivity contribution is 0.0955. The molecule has 0 atom stereocenters. The van der Waals surface area contributed by atoms with E-state index in [1.165, 1.54) is 12.1 Å². The molecule has 0 saturated carbocycles. The summed E-state index contributed by atoms with van der Waals surface area (Å²) in [6.07, 6.45) is 0. The van der Waals surface area contributed by atoms with Crippen LogP contribution in [0.2, 0.25) is 5.02 Å². The number of likely N-dealkylation sites (N-methyl/N-ethyl adjacent to an activating group) is 1. The van der Waals surface area contributed by atoms with Crippen LogP contribution in [-0.2, 0) is 0 Å². The normalized spacial score (nSPS) is 10.6. The summed E-state index contributed by atoms with van der Waals surface area (Å²) in [5, 5.41) is 9.87. The number of phenols is 1. The molecular formula is C10H12ClNO2. The van der Waals surface area contributed by atoms with E-state index in [0.717, 1.165) is 0 Å². The number of benzene rings is 1. The van der Waals surface area contributed by atoms with Gasteiger partial charge in [0.2, 0.25) is 0 Å². The molecule has 1 N–H and O–H groups in total. The van der Waals surface area contributed by atoms with Gasteiger partial charge in [-0.05, 0) is 32.3 Å². The van der Waals surface area contributed by atoms with Crippen LogP contribution >= 0.6 is 11.6 Å². The Hall–Kier alpha value is -1.06. The van der Waals surface area contributed by atoms with E-state index in [1.54, 1.807) is 25.1 Å². The van der Waals surface area contributed by atoms with Crippen molar-refractivity contribution < 1.29 is 9.90 Å². The minimum atomic E-state index is -0.144. The maximum absolute atomic E-state index is 11.6. The van der Waals surface area contributed by atoms with Crippen molar-refractivity contribution in [3.63, 3.8) is 0 Å². The average Bonchev–Trinajstić information content (AvgIpc) is 2.08. The van der Waals surface area contributed by atoms with Crippen molar-refractivity contribution in [2.75, 3.05) is 20.6 Å². The van der Waals surface area contributed by atoms with Crippen molar-refractivity contribution in [1.29, 1.82) is 0 Å². The Morgan fingerprint density at radius 3 is 2.71 bits per heavy atom. The van der Waals surface area contributed by atoms with Gasteiger partial charge in [0.25, 0.3) is 0 Å². The van der Waals surface area contributed by atoms with E-state index in [0.29, 0.717) is 5.02 Å². The van der Waals surface area contributed by atoms with Crippen LogP contribution in [0.4, 0.5) is 0 Å². The van der Waals surface area contributed by atoms with Crippen LogP contribution in [0, 0.1) is 0 Å². The fourth-order valence-corrected chi connectivity index (χ4v) is 1.28. The summed E-state index contributed by atoms with van der Waals surface area (Å²) in [7, 11) is 3.58. The van der Waals surface area contributed by atoms with Gasteiger partial charge in [-0.3, -0.25) is 4.79 Å². The molecule has 1 rings (SSSR count). The van der Waals surface area contributed by atoms with E-state index in [4.69, 9.17) is 11.6 Å². The van der Waals surface area contributed by atoms with Crippen LogP contribution < -0.4 is 0 Å². The second-order valence-electron chi connectivity index (χ2n) is 3.32. The first-order valence-electron chi connectivity index (χ1n) is 4.17. The molecule has 14 heavy (non-hydrogen) atoms. The number of nitrogens with zero attached hydrogens (tertiary/aromatic N) is 1. The van der Waals surface area contributed by atoms with Crippen molar-refractivity contribution >= 4 is 17.4 Å². The summed E-state index contributed by atoms with van der Waals surface area (Å²) < 4.78 is 0. The molecular weight excluding hydrogens is 202 g/mol. The van der Waals surface area contributed by atoms with Gasteiger partial charge in [0, 0.05) is 5.02 Å². The summed E-state index contributed by atoms with van der Waals surface area (Å²) in [6, 6.07) is 4.44. The SMILES string of the molecule is CN(C)CC(=O)c1cc(Cl)ccc1O. The molecule has 0 aromatic heterocycles. The fraction of sp³-hybridized carbons (Fsp3) is 0.300. The first-order valence-corrected chi connectivity index (χ1v) is 4.55. The number of rotatable bonds is 3. The predicted octanol–water partition coefficient (Wildman–Crippen LogP) is 1.79. The van der Waals surface area contributed by atoms with Gasteiger partial charge in [-0.25, -0.2) is 0 Å². The highest BCUT2D eigenvalue weighted by molar-refractivity contribution is 6.31. The molecule has 0 heterocycles. The molecule has 0 spiro atoms. The number of carbonyl (C=O) groups is 1. The minimum absolute atomic E-state index is 0.0266. The second kappa shape index (κ2) is 4.44. The summed E-state index contributed by atoms with van der Waals surface area (Å²) in [5.74, 6) is -0.170. The fourth-order valence-electron chi connectivity index (χ4n) is 1.10. The largest absolute Gasteiger partial charge is 0.507 e. The van der Waals surface area contributed by atoms with E-state index in [-0.39, 0.29) is 23.6 Å². The van der Waals surface area contributed by atoms with Gasteiger partial charge in [0.1, 0.15) is 5.75 Å². The number of carbonyl (C=O) groups excluding carboxylic acids is 1. The standard InChI is InChI=1S/C10H12ClNO2/c1-12(2)6-10(14)8-5-7(11)3-4-9(8)13/h3-5,13H,6H2,1-2H3. The van der Waals surface area contributed by atoms with Crippen molar-refractivity contribution in [3.8, 4) is 5.75 Å². The van der Waals surface area contributed by atoms with Gasteiger partial charge in [-0.2, -0.15) is 0 Å². The Morgan fingerprint density at radius 2 is 2.14 bits per heavy atom. The molecule has 1 aromatic rings. The van der Waals surface area contributed by atoms with E-state index < -0.39 is 0 Å². The van der Waals surface area contributed by atoms with Crippen molar-refractivity contribution in [2.24, 2.45) is 0 Å². The molecule has 0 amide bonds. The van der Waals surface area contributed by atoms with Crippen molar-refractivity contribution in [1.82, 2.24) is 4.90 Å². The smallest absolute Gasteiger partial charge is 0.180 e. The molecule has 0 radical (unpaired) electrons. The summed E-state index contributed by atoms with van der Waals surface area (Å²) >= 11 is 5.72. The quantitative estimate of drug-likeness (QED) is 0.779. The molecule has 4 heteroatoms. The zero-order chi connectivity index (χ0) is 10.7. The number of ketones is 1. The van der Waals surface area contributed by atoms with Crippen LogP contribution in [0.25, 0.3) is 0 Å². The molecule has 1 aromatic carbocycles. The van der Waals surface area contributed by atoms with Gasteiger partial charge >= 0.3 is 0 Å². The number of Topliss-reactive ketones (excluding diaryl/α,β-unsaturated/α-hetero) is 1. The molecule has 0 fully saturated rings. The number of hydrogen-bond donors (Lipinski definition) is 1. The zero-order valence-corrected chi connectivity index (χ0v) is 8.88. The Balaban J connectivity index is 2.94. The maximum Gasteiger partial charge on any atom is 0.180 e. The van der Waals surface area contributed by atoms with Gasteiger partial charge < -0.3 is 10.0 Å². The molecule has 3 nitrogen and oxygen atoms in total. The molecule has 0 unspecified atom stereocenters. The number of halogens is 1. The number of hydrogen-bond acceptors (Lipinski definition) is 3. The van der Waals surface area contributed by atoms with Crippen LogP contribution in [0.1, 0.15) is 10.4 Å². The highest BCUT2D eigenvalue weighted by atomic mass is 35.5. The van der Waals surface area contributed by atoms with Crippen LogP contribution in [0.5, 0.6) is 5.75 Å². The highest BCUT2D eigenvalue weighted by Gasteiger charge is 2.12. The number of phenolic OH excluding ortho intramolecular Hbond substituents is 1. The van der Waals surface area contributed by atoms with Gasteiger partial charge in [0.15, 0.2) is 5.78 Å². The van der Waals surface area contributed by atoms with Gasteiger partial charge in [-0.15, -0.1) is 0 Å². The molecule has 76 valence electrons. The molecule has 0 aliphatic rings. The molecule has 0 aliphatic carbocycles. The van der Waals surface area contributed by atoms with Crippen molar-refractivity contribution in [2.45, 2.75) is 0 Å². The van der Waals surface area contributed by atoms with Crippen LogP contribution in [0.15, 0.2) is 18.2 Å². The Kier molecular flexibility index (Phi) is 3.49. The monoisotopic (exact) mass is 213 g/mol. The van der Waals surface area contributed by atoms with Crippen LogP contribution in [0.3, 0.4) is 0 Å². The Morgan fingerprint density at radius 1 is 1.50 bits per heavy atom. The third-order valence-electron chi connectivity index (χ3n) is 1.72. The topological polar surface area (TPSA) is 40.5 Å². The first kappa shape index (κ1) is 11.0. The van der Waals surface area contributed by atoms with Gasteiger partial charge in [-0.1, -0.05) is 11.6 Å². The third kappa shape index (κ3) is 2.72. The summed E-state index contributed by atoms with van der Waals surface area (Å²) in [5.41, 5.74) is 0.270. The van der Waals surface area contributed by atoms with Crippen LogP contribution in [-0.4, -0.2) is 36.4 Å². The zero-order valence-electron chi connectivity index (χ0n) is 8.12. The summed E-state index contributed by atoms with van der Waals surface area (Å²) in [6.45, 7) is 0.258. The third-order valence-corrected chi connectivity index (χ3v) is 1.95. The predicted molar refractivity (Wildman–Crippen MR) is 56.0 cm³/mol. The molecule has 0 saturated heterocycles. The Bertz CT molecular complexity index is 350. The summed E-state index contributed by atoms with van der Waals surface area (Å²) in [4.78, 5) is 13.3. The molecule has 0 bridgehead atoms. The average molecular weight is 214 g/mol. The van der Waals surface area contributed by atoms with E-state index in [2.05, 4.69) is 0 Å². The Labute approximate surface area is 87.9 Å². The van der Waals surface area contributed by atoms with Crippen molar-refractivity contribution in [3.05, 3.63) is 28.8 Å². The van der Waals surface area contributed by atoms with E-state index in [1.807, 2.05) is 0 Å². The maximum atomic E-state index is 11.6. The first-order chi connectivity index (χ1) is 6.50. The van der Waals surface area contributed by atoms with E-state index in [9.17, 15) is 9.90 Å².